The predicted octanol–water partition coefficient (Wildman–Crippen LogP) is 3.35. The summed E-state index contributed by atoms with van der Waals surface area (Å²) in [6, 6.07) is 0.713. The van der Waals surface area contributed by atoms with E-state index < -0.39 is 0 Å². The van der Waals surface area contributed by atoms with Crippen molar-refractivity contribution in [2.24, 2.45) is 0 Å². The van der Waals surface area contributed by atoms with Crippen molar-refractivity contribution in [3.8, 4) is 0 Å². The highest BCUT2D eigenvalue weighted by atomic mass is 35.5. The first-order valence-corrected chi connectivity index (χ1v) is 7.13. The van der Waals surface area contributed by atoms with Crippen LogP contribution in [-0.4, -0.2) is 28.2 Å². The summed E-state index contributed by atoms with van der Waals surface area (Å²) in [5.74, 6) is 0. The van der Waals surface area contributed by atoms with Gasteiger partial charge in [0.1, 0.15) is 5.01 Å². The molecule has 0 atom stereocenters. The topological polar surface area (TPSA) is 29.0 Å². The summed E-state index contributed by atoms with van der Waals surface area (Å²) in [6.07, 6.45) is 8.17. The minimum atomic E-state index is 0.546. The Hall–Kier alpha value is -0.190. The molecule has 0 spiro atoms. The molecule has 0 radical (unpaired) electrons. The van der Waals surface area contributed by atoms with Gasteiger partial charge in [-0.15, -0.1) is 10.2 Å². The molecule has 0 aliphatic heterocycles. The van der Waals surface area contributed by atoms with Crippen molar-refractivity contribution in [2.45, 2.75) is 51.1 Å². The molecule has 1 heterocycles. The maximum absolute atomic E-state index is 5.78. The smallest absolute Gasteiger partial charge is 0.207 e. The average molecular weight is 260 g/mol. The second-order valence-electron chi connectivity index (χ2n) is 4.51. The van der Waals surface area contributed by atoms with Crippen LogP contribution in [0.3, 0.4) is 0 Å². The molecule has 0 saturated heterocycles. The van der Waals surface area contributed by atoms with Gasteiger partial charge in [-0.2, -0.15) is 0 Å². The highest BCUT2D eigenvalue weighted by Gasteiger charge is 2.18. The molecule has 1 saturated carbocycles. The van der Waals surface area contributed by atoms with Gasteiger partial charge in [-0.25, -0.2) is 0 Å². The molecule has 2 rings (SSSR count). The summed E-state index contributed by atoms with van der Waals surface area (Å²) in [4.78, 5) is 2.40. The van der Waals surface area contributed by atoms with Crippen molar-refractivity contribution in [3.05, 3.63) is 9.47 Å². The molecule has 1 fully saturated rings. The molecule has 1 aliphatic carbocycles. The molecule has 0 bridgehead atoms. The number of hydrogen-bond donors (Lipinski definition) is 0. The molecule has 16 heavy (non-hydrogen) atoms. The molecule has 1 aromatic heterocycles. The van der Waals surface area contributed by atoms with Crippen LogP contribution >= 0.6 is 22.9 Å². The summed E-state index contributed by atoms with van der Waals surface area (Å²) >= 11 is 7.27. The van der Waals surface area contributed by atoms with Crippen molar-refractivity contribution in [3.63, 3.8) is 0 Å². The molecule has 0 N–H and O–H groups in total. The van der Waals surface area contributed by atoms with Crippen molar-refractivity contribution in [2.75, 3.05) is 7.05 Å². The van der Waals surface area contributed by atoms with Gasteiger partial charge in [-0.1, -0.05) is 37.0 Å². The fraction of sp³-hybridized carbons (Fsp3) is 0.818. The number of aromatic nitrogens is 2. The van der Waals surface area contributed by atoms with Gasteiger partial charge >= 0.3 is 0 Å². The maximum atomic E-state index is 5.78. The molecule has 5 heteroatoms. The third kappa shape index (κ3) is 3.40. The fourth-order valence-corrected chi connectivity index (χ4v) is 3.27. The van der Waals surface area contributed by atoms with Crippen LogP contribution in [-0.2, 0) is 6.54 Å². The van der Waals surface area contributed by atoms with Crippen LogP contribution < -0.4 is 0 Å². The SMILES string of the molecule is CN(Cc1nnc(Cl)s1)C1CCCCCC1. The second-order valence-corrected chi connectivity index (χ2v) is 6.15. The number of rotatable bonds is 3. The van der Waals surface area contributed by atoms with Crippen LogP contribution in [0.15, 0.2) is 0 Å². The molecular weight excluding hydrogens is 242 g/mol. The van der Waals surface area contributed by atoms with Crippen LogP contribution in [0, 0.1) is 0 Å². The van der Waals surface area contributed by atoms with Crippen molar-refractivity contribution in [1.82, 2.24) is 15.1 Å². The van der Waals surface area contributed by atoms with Gasteiger partial charge in [-0.05, 0) is 31.5 Å². The summed E-state index contributed by atoms with van der Waals surface area (Å²) in [6.45, 7) is 0.884. The first kappa shape index (κ1) is 12.3. The third-order valence-corrected chi connectivity index (χ3v) is 4.28. The van der Waals surface area contributed by atoms with E-state index in [-0.39, 0.29) is 0 Å². The van der Waals surface area contributed by atoms with E-state index in [4.69, 9.17) is 11.6 Å². The minimum absolute atomic E-state index is 0.546. The molecule has 1 aliphatic rings. The molecular formula is C11H18ClN3S. The van der Waals surface area contributed by atoms with E-state index in [0.717, 1.165) is 11.6 Å². The van der Waals surface area contributed by atoms with Gasteiger partial charge in [0, 0.05) is 6.04 Å². The lowest BCUT2D eigenvalue weighted by Gasteiger charge is -2.25. The monoisotopic (exact) mass is 259 g/mol. The van der Waals surface area contributed by atoms with Crippen LogP contribution in [0.25, 0.3) is 0 Å². The zero-order valence-electron chi connectivity index (χ0n) is 9.65. The zero-order chi connectivity index (χ0) is 11.4. The molecule has 0 aromatic carbocycles. The van der Waals surface area contributed by atoms with Crippen LogP contribution in [0.4, 0.5) is 0 Å². The highest BCUT2D eigenvalue weighted by Crippen LogP contribution is 2.23. The standard InChI is InChI=1S/C11H18ClN3S/c1-15(8-10-13-14-11(12)16-10)9-6-4-2-3-5-7-9/h9H,2-8H2,1H3. The Balaban J connectivity index is 1.88. The maximum Gasteiger partial charge on any atom is 0.207 e. The van der Waals surface area contributed by atoms with Crippen molar-refractivity contribution >= 4 is 22.9 Å². The quantitative estimate of drug-likeness (QED) is 0.780. The first-order chi connectivity index (χ1) is 7.75. The van der Waals surface area contributed by atoms with Crippen LogP contribution in [0.5, 0.6) is 0 Å². The van der Waals surface area contributed by atoms with E-state index in [1.54, 1.807) is 0 Å². The summed E-state index contributed by atoms with van der Waals surface area (Å²) in [7, 11) is 2.19. The molecule has 1 aromatic rings. The third-order valence-electron chi connectivity index (χ3n) is 3.27. The van der Waals surface area contributed by atoms with Gasteiger partial charge in [0.25, 0.3) is 0 Å². The van der Waals surface area contributed by atoms with Gasteiger partial charge in [0.15, 0.2) is 0 Å². The molecule has 0 amide bonds. The number of halogens is 1. The first-order valence-electron chi connectivity index (χ1n) is 5.94. The van der Waals surface area contributed by atoms with Crippen LogP contribution in [0.1, 0.15) is 43.5 Å². The Morgan fingerprint density at radius 1 is 1.25 bits per heavy atom. The Labute approximate surface area is 106 Å². The molecule has 0 unspecified atom stereocenters. The summed E-state index contributed by atoms with van der Waals surface area (Å²) in [5.41, 5.74) is 0. The predicted molar refractivity (Wildman–Crippen MR) is 67.9 cm³/mol. The van der Waals surface area contributed by atoms with Gasteiger partial charge in [-0.3, -0.25) is 4.90 Å². The largest absolute Gasteiger partial charge is 0.297 e. The summed E-state index contributed by atoms with van der Waals surface area (Å²) < 4.78 is 0.546. The highest BCUT2D eigenvalue weighted by molar-refractivity contribution is 7.15. The lowest BCUT2D eigenvalue weighted by atomic mass is 10.1. The molecule has 90 valence electrons. The lowest BCUT2D eigenvalue weighted by molar-refractivity contribution is 0.212. The van der Waals surface area contributed by atoms with E-state index in [0.29, 0.717) is 10.5 Å². The van der Waals surface area contributed by atoms with E-state index in [9.17, 15) is 0 Å². The van der Waals surface area contributed by atoms with E-state index in [2.05, 4.69) is 22.1 Å². The van der Waals surface area contributed by atoms with Crippen molar-refractivity contribution in [1.29, 1.82) is 0 Å². The Bertz CT molecular complexity index is 321. The lowest BCUT2D eigenvalue weighted by Crippen LogP contribution is -2.30. The van der Waals surface area contributed by atoms with Gasteiger partial charge in [0.2, 0.25) is 4.47 Å². The minimum Gasteiger partial charge on any atom is -0.297 e. The van der Waals surface area contributed by atoms with Gasteiger partial charge < -0.3 is 0 Å². The Kier molecular flexibility index (Phi) is 4.55. The zero-order valence-corrected chi connectivity index (χ0v) is 11.2. The number of hydrogen-bond acceptors (Lipinski definition) is 4. The normalized spacial score (nSPS) is 18.9. The van der Waals surface area contributed by atoms with E-state index in [1.807, 2.05) is 0 Å². The number of nitrogens with zero attached hydrogens (tertiary/aromatic N) is 3. The van der Waals surface area contributed by atoms with Crippen LogP contribution in [0.2, 0.25) is 4.47 Å². The van der Waals surface area contributed by atoms with Crippen molar-refractivity contribution < 1.29 is 0 Å². The molecule has 3 nitrogen and oxygen atoms in total. The van der Waals surface area contributed by atoms with Gasteiger partial charge in [0.05, 0.1) is 6.54 Å². The van der Waals surface area contributed by atoms with E-state index in [1.165, 1.54) is 49.9 Å². The fourth-order valence-electron chi connectivity index (χ4n) is 2.34. The average Bonchev–Trinajstić information content (AvgIpc) is 2.56. The Morgan fingerprint density at radius 3 is 2.50 bits per heavy atom. The summed E-state index contributed by atoms with van der Waals surface area (Å²) in [5, 5.41) is 8.93. The van der Waals surface area contributed by atoms with E-state index >= 15 is 0 Å². The Morgan fingerprint density at radius 2 is 1.94 bits per heavy atom. The second kappa shape index (κ2) is 5.94.